The van der Waals surface area contributed by atoms with Gasteiger partial charge in [0.1, 0.15) is 0 Å². The number of halogens is 1. The van der Waals surface area contributed by atoms with Crippen LogP contribution >= 0.6 is 11.6 Å². The summed E-state index contributed by atoms with van der Waals surface area (Å²) >= 11 is 5.18. The van der Waals surface area contributed by atoms with Crippen molar-refractivity contribution < 1.29 is 19.5 Å². The maximum Gasteiger partial charge on any atom is 0.433 e. The van der Waals surface area contributed by atoms with Crippen molar-refractivity contribution in [1.29, 1.82) is 0 Å². The van der Waals surface area contributed by atoms with Gasteiger partial charge in [0.15, 0.2) is 5.38 Å². The second kappa shape index (κ2) is 5.36. The van der Waals surface area contributed by atoms with Gasteiger partial charge in [0.2, 0.25) is 0 Å². The predicted molar refractivity (Wildman–Crippen MR) is 41.3 cm³/mol. The van der Waals surface area contributed by atoms with Crippen LogP contribution in [0, 0.1) is 0 Å². The standard InChI is InChI=1S/C5H7ClN2O4/c1-7-5(11)12-8-2-3(6)4(9)10/h2-3H,1H3,(H,7,11)(H,9,10)/b8-2+. The minimum Gasteiger partial charge on any atom is -0.480 e. The summed E-state index contributed by atoms with van der Waals surface area (Å²) in [6, 6.07) is 0. The third kappa shape index (κ3) is 4.51. The zero-order valence-electron chi connectivity index (χ0n) is 6.15. The summed E-state index contributed by atoms with van der Waals surface area (Å²) in [6.07, 6.45) is -0.000396. The van der Waals surface area contributed by atoms with Crippen LogP contribution in [0.3, 0.4) is 0 Å². The Bertz CT molecular complexity index is 206. The minimum absolute atomic E-state index is 0.791. The van der Waals surface area contributed by atoms with Crippen LogP contribution in [0.5, 0.6) is 0 Å². The summed E-state index contributed by atoms with van der Waals surface area (Å²) in [4.78, 5) is 24.5. The van der Waals surface area contributed by atoms with E-state index in [2.05, 4.69) is 15.3 Å². The number of amides is 1. The number of alkyl halides is 1. The first kappa shape index (κ1) is 10.7. The third-order valence-corrected chi connectivity index (χ3v) is 1.07. The second-order valence-electron chi connectivity index (χ2n) is 1.62. The average molecular weight is 195 g/mol. The Hall–Kier alpha value is -1.30. The van der Waals surface area contributed by atoms with E-state index in [0.29, 0.717) is 0 Å². The maximum atomic E-state index is 10.3. The van der Waals surface area contributed by atoms with Crippen LogP contribution in [0.25, 0.3) is 0 Å². The minimum atomic E-state index is -1.30. The van der Waals surface area contributed by atoms with Gasteiger partial charge in [-0.1, -0.05) is 5.16 Å². The molecule has 0 aliphatic heterocycles. The SMILES string of the molecule is CNC(=O)O/N=C/C(Cl)C(=O)O. The molecule has 0 aromatic carbocycles. The first-order valence-corrected chi connectivity index (χ1v) is 3.30. The fourth-order valence-electron chi connectivity index (χ4n) is 0.241. The van der Waals surface area contributed by atoms with Crippen LogP contribution in [0.1, 0.15) is 0 Å². The van der Waals surface area contributed by atoms with Gasteiger partial charge in [0, 0.05) is 7.05 Å². The van der Waals surface area contributed by atoms with Crippen LogP contribution in [-0.2, 0) is 9.63 Å². The van der Waals surface area contributed by atoms with E-state index in [1.165, 1.54) is 7.05 Å². The fraction of sp³-hybridized carbons (Fsp3) is 0.400. The quantitative estimate of drug-likeness (QED) is 0.287. The van der Waals surface area contributed by atoms with Crippen molar-refractivity contribution in [2.75, 3.05) is 7.05 Å². The van der Waals surface area contributed by atoms with Gasteiger partial charge in [0.05, 0.1) is 6.21 Å². The summed E-state index contributed by atoms with van der Waals surface area (Å²) in [7, 11) is 1.34. The van der Waals surface area contributed by atoms with Crippen LogP contribution in [0.15, 0.2) is 5.16 Å². The molecular formula is C5H7ClN2O4. The lowest BCUT2D eigenvalue weighted by atomic mass is 10.5. The van der Waals surface area contributed by atoms with Gasteiger partial charge in [-0.3, -0.25) is 9.63 Å². The number of oxime groups is 1. The molecule has 1 atom stereocenters. The van der Waals surface area contributed by atoms with E-state index in [4.69, 9.17) is 16.7 Å². The number of carboxylic acid groups (broad SMARTS) is 1. The molecule has 6 nitrogen and oxygen atoms in total. The number of hydrogen-bond acceptors (Lipinski definition) is 4. The molecule has 1 unspecified atom stereocenters. The highest BCUT2D eigenvalue weighted by Crippen LogP contribution is 1.91. The Morgan fingerprint density at radius 3 is 2.75 bits per heavy atom. The van der Waals surface area contributed by atoms with Crippen molar-refractivity contribution in [3.63, 3.8) is 0 Å². The Morgan fingerprint density at radius 2 is 2.33 bits per heavy atom. The molecule has 0 saturated carbocycles. The second-order valence-corrected chi connectivity index (χ2v) is 2.09. The Morgan fingerprint density at radius 1 is 1.75 bits per heavy atom. The van der Waals surface area contributed by atoms with E-state index in [9.17, 15) is 9.59 Å². The number of carbonyl (C=O) groups is 2. The number of nitrogens with zero attached hydrogens (tertiary/aromatic N) is 1. The molecule has 0 heterocycles. The molecule has 12 heavy (non-hydrogen) atoms. The van der Waals surface area contributed by atoms with Crippen molar-refractivity contribution in [3.05, 3.63) is 0 Å². The normalized spacial score (nSPS) is 12.5. The lowest BCUT2D eigenvalue weighted by Crippen LogP contribution is -2.18. The molecule has 0 bridgehead atoms. The summed E-state index contributed by atoms with van der Waals surface area (Å²) in [5.74, 6) is -1.26. The molecular weight excluding hydrogens is 188 g/mol. The third-order valence-electron chi connectivity index (χ3n) is 0.767. The van der Waals surface area contributed by atoms with E-state index in [-0.39, 0.29) is 0 Å². The van der Waals surface area contributed by atoms with Gasteiger partial charge in [-0.15, -0.1) is 11.6 Å². The number of rotatable bonds is 3. The number of nitrogens with one attached hydrogen (secondary N) is 1. The van der Waals surface area contributed by atoms with E-state index in [1.807, 2.05) is 0 Å². The average Bonchev–Trinajstić information content (AvgIpc) is 2.03. The number of aliphatic carboxylic acids is 1. The molecule has 0 fully saturated rings. The Balaban J connectivity index is 3.76. The molecule has 0 radical (unpaired) electrons. The maximum absolute atomic E-state index is 10.3. The molecule has 0 rings (SSSR count). The van der Waals surface area contributed by atoms with Crippen molar-refractivity contribution in [2.45, 2.75) is 5.38 Å². The molecule has 0 aliphatic carbocycles. The molecule has 0 aromatic rings. The van der Waals surface area contributed by atoms with Crippen molar-refractivity contribution in [3.8, 4) is 0 Å². The fourth-order valence-corrected chi connectivity index (χ4v) is 0.287. The molecule has 0 saturated heterocycles. The predicted octanol–water partition coefficient (Wildman–Crippen LogP) is 0.0202. The van der Waals surface area contributed by atoms with Gasteiger partial charge in [-0.05, 0) is 0 Å². The highest BCUT2D eigenvalue weighted by molar-refractivity contribution is 6.37. The molecule has 2 N–H and O–H groups in total. The number of carbonyl (C=O) groups excluding carboxylic acids is 1. The van der Waals surface area contributed by atoms with Gasteiger partial charge >= 0.3 is 12.1 Å². The van der Waals surface area contributed by atoms with Gasteiger partial charge < -0.3 is 10.4 Å². The van der Waals surface area contributed by atoms with Crippen LogP contribution in [-0.4, -0.2) is 35.8 Å². The first-order valence-electron chi connectivity index (χ1n) is 2.87. The monoisotopic (exact) mass is 194 g/mol. The van der Waals surface area contributed by atoms with Gasteiger partial charge in [-0.25, -0.2) is 4.79 Å². The Kier molecular flexibility index (Phi) is 4.78. The number of hydrogen-bond donors (Lipinski definition) is 2. The van der Waals surface area contributed by atoms with Crippen molar-refractivity contribution in [2.24, 2.45) is 5.16 Å². The highest BCUT2D eigenvalue weighted by atomic mass is 35.5. The summed E-state index contributed by atoms with van der Waals surface area (Å²) < 4.78 is 0. The molecule has 7 heteroatoms. The van der Waals surface area contributed by atoms with Crippen molar-refractivity contribution in [1.82, 2.24) is 5.32 Å². The lowest BCUT2D eigenvalue weighted by Gasteiger charge is -1.95. The number of carboxylic acids is 1. The van der Waals surface area contributed by atoms with E-state index in [0.717, 1.165) is 6.21 Å². The first-order chi connectivity index (χ1) is 5.57. The zero-order chi connectivity index (χ0) is 9.56. The Labute approximate surface area is 73.1 Å². The van der Waals surface area contributed by atoms with E-state index in [1.54, 1.807) is 0 Å². The van der Waals surface area contributed by atoms with Crippen LogP contribution in [0.2, 0.25) is 0 Å². The van der Waals surface area contributed by atoms with Crippen LogP contribution in [0.4, 0.5) is 4.79 Å². The van der Waals surface area contributed by atoms with Crippen molar-refractivity contribution >= 4 is 29.9 Å². The molecule has 0 aliphatic rings. The summed E-state index contributed by atoms with van der Waals surface area (Å²) in [6.45, 7) is 0. The van der Waals surface area contributed by atoms with E-state index < -0.39 is 17.4 Å². The lowest BCUT2D eigenvalue weighted by molar-refractivity contribution is -0.135. The molecule has 68 valence electrons. The largest absolute Gasteiger partial charge is 0.480 e. The zero-order valence-corrected chi connectivity index (χ0v) is 6.91. The molecule has 1 amide bonds. The topological polar surface area (TPSA) is 88.0 Å². The van der Waals surface area contributed by atoms with Crippen LogP contribution < -0.4 is 5.32 Å². The van der Waals surface area contributed by atoms with E-state index >= 15 is 0 Å². The summed E-state index contributed by atoms with van der Waals surface area (Å²) in [5.41, 5.74) is 0. The molecule has 0 aromatic heterocycles. The van der Waals surface area contributed by atoms with Gasteiger partial charge in [0.25, 0.3) is 0 Å². The molecule has 0 spiro atoms. The van der Waals surface area contributed by atoms with Gasteiger partial charge in [-0.2, -0.15) is 0 Å². The highest BCUT2D eigenvalue weighted by Gasteiger charge is 2.09. The summed E-state index contributed by atoms with van der Waals surface area (Å²) in [5, 5.41) is 12.0. The smallest absolute Gasteiger partial charge is 0.433 e.